The van der Waals surface area contributed by atoms with Crippen molar-refractivity contribution in [3.63, 3.8) is 0 Å². The lowest BCUT2D eigenvalue weighted by molar-refractivity contribution is 0.342. The number of rotatable bonds is 7. The van der Waals surface area contributed by atoms with Gasteiger partial charge in [-0.15, -0.1) is 5.10 Å². The first-order valence-corrected chi connectivity index (χ1v) is 6.40. The van der Waals surface area contributed by atoms with Crippen LogP contribution < -0.4 is 15.8 Å². The summed E-state index contributed by atoms with van der Waals surface area (Å²) in [5.74, 6) is 0.726. The molecule has 1 heterocycles. The molecule has 0 spiro atoms. The molecule has 0 fully saturated rings. The SMILES string of the molecule is CCOc1cc(NCCCn2ccnn2)ccc1N. The smallest absolute Gasteiger partial charge is 0.144 e. The van der Waals surface area contributed by atoms with Crippen LogP contribution in [0.25, 0.3) is 0 Å². The molecule has 6 nitrogen and oxygen atoms in total. The Morgan fingerprint density at radius 3 is 3.05 bits per heavy atom. The van der Waals surface area contributed by atoms with E-state index in [9.17, 15) is 0 Å². The third-order valence-corrected chi connectivity index (χ3v) is 2.68. The van der Waals surface area contributed by atoms with E-state index in [0.717, 1.165) is 30.9 Å². The Balaban J connectivity index is 1.80. The standard InChI is InChI=1S/C13H19N5O/c1-2-19-13-10-11(4-5-12(13)14)15-6-3-8-18-9-7-16-17-18/h4-5,7,9-10,15H,2-3,6,8,14H2,1H3. The summed E-state index contributed by atoms with van der Waals surface area (Å²) in [5, 5.41) is 11.0. The van der Waals surface area contributed by atoms with Crippen LogP contribution in [0.15, 0.2) is 30.6 Å². The average molecular weight is 261 g/mol. The summed E-state index contributed by atoms with van der Waals surface area (Å²) in [7, 11) is 0. The Morgan fingerprint density at radius 1 is 1.42 bits per heavy atom. The molecule has 0 atom stereocenters. The van der Waals surface area contributed by atoms with E-state index in [1.54, 1.807) is 6.20 Å². The van der Waals surface area contributed by atoms with E-state index >= 15 is 0 Å². The highest BCUT2D eigenvalue weighted by Gasteiger charge is 2.01. The number of nitrogen functional groups attached to an aromatic ring is 1. The fourth-order valence-corrected chi connectivity index (χ4v) is 1.75. The first-order chi connectivity index (χ1) is 9.29. The topological polar surface area (TPSA) is 78.0 Å². The van der Waals surface area contributed by atoms with Crippen LogP contribution in [0.3, 0.4) is 0 Å². The van der Waals surface area contributed by atoms with Gasteiger partial charge in [0.2, 0.25) is 0 Å². The van der Waals surface area contributed by atoms with Gasteiger partial charge in [-0.1, -0.05) is 5.21 Å². The summed E-state index contributed by atoms with van der Waals surface area (Å²) in [4.78, 5) is 0. The van der Waals surface area contributed by atoms with E-state index in [1.807, 2.05) is 36.0 Å². The molecule has 2 aromatic rings. The largest absolute Gasteiger partial charge is 0.492 e. The monoisotopic (exact) mass is 261 g/mol. The van der Waals surface area contributed by atoms with Gasteiger partial charge in [-0.25, -0.2) is 0 Å². The van der Waals surface area contributed by atoms with Crippen LogP contribution in [-0.4, -0.2) is 28.1 Å². The van der Waals surface area contributed by atoms with Crippen molar-refractivity contribution in [2.45, 2.75) is 19.9 Å². The van der Waals surface area contributed by atoms with Crippen molar-refractivity contribution < 1.29 is 4.74 Å². The number of aryl methyl sites for hydroxylation is 1. The van der Waals surface area contributed by atoms with E-state index in [0.29, 0.717) is 12.3 Å². The number of benzene rings is 1. The fourth-order valence-electron chi connectivity index (χ4n) is 1.75. The van der Waals surface area contributed by atoms with Crippen LogP contribution in [0.5, 0.6) is 5.75 Å². The molecule has 102 valence electrons. The minimum absolute atomic E-state index is 0.611. The molecule has 0 radical (unpaired) electrons. The molecule has 0 saturated carbocycles. The number of aromatic nitrogens is 3. The first-order valence-electron chi connectivity index (χ1n) is 6.40. The predicted molar refractivity (Wildman–Crippen MR) is 75.2 cm³/mol. The van der Waals surface area contributed by atoms with Crippen LogP contribution in [0, 0.1) is 0 Å². The van der Waals surface area contributed by atoms with Gasteiger partial charge in [-0.2, -0.15) is 0 Å². The van der Waals surface area contributed by atoms with E-state index in [2.05, 4.69) is 15.6 Å². The summed E-state index contributed by atoms with van der Waals surface area (Å²) in [5.41, 5.74) is 7.50. The van der Waals surface area contributed by atoms with Gasteiger partial charge in [-0.3, -0.25) is 4.68 Å². The Hall–Kier alpha value is -2.24. The van der Waals surface area contributed by atoms with Crippen molar-refractivity contribution in [1.29, 1.82) is 0 Å². The molecule has 1 aromatic heterocycles. The molecule has 0 bridgehead atoms. The number of anilines is 2. The summed E-state index contributed by atoms with van der Waals surface area (Å²) in [6, 6.07) is 5.73. The normalized spacial score (nSPS) is 10.4. The molecule has 19 heavy (non-hydrogen) atoms. The number of nitrogens with one attached hydrogen (secondary N) is 1. The maximum Gasteiger partial charge on any atom is 0.144 e. The third kappa shape index (κ3) is 3.87. The summed E-state index contributed by atoms with van der Waals surface area (Å²) >= 11 is 0. The quantitative estimate of drug-likeness (QED) is 0.586. The van der Waals surface area contributed by atoms with Crippen molar-refractivity contribution in [1.82, 2.24) is 15.0 Å². The molecular formula is C13H19N5O. The van der Waals surface area contributed by atoms with Crippen LogP contribution in [0.1, 0.15) is 13.3 Å². The summed E-state index contributed by atoms with van der Waals surface area (Å²) < 4.78 is 7.27. The zero-order chi connectivity index (χ0) is 13.5. The van der Waals surface area contributed by atoms with E-state index < -0.39 is 0 Å². The van der Waals surface area contributed by atoms with Gasteiger partial charge in [0.25, 0.3) is 0 Å². The lowest BCUT2D eigenvalue weighted by atomic mass is 10.2. The highest BCUT2D eigenvalue weighted by Crippen LogP contribution is 2.25. The van der Waals surface area contributed by atoms with Crippen LogP contribution in [0.4, 0.5) is 11.4 Å². The fraction of sp³-hybridized carbons (Fsp3) is 0.385. The second-order valence-electron chi connectivity index (χ2n) is 4.13. The number of ether oxygens (including phenoxy) is 1. The minimum atomic E-state index is 0.611. The van der Waals surface area contributed by atoms with Gasteiger partial charge in [0.05, 0.1) is 18.5 Å². The molecule has 0 unspecified atom stereocenters. The van der Waals surface area contributed by atoms with Gasteiger partial charge < -0.3 is 15.8 Å². The predicted octanol–water partition coefficient (Wildman–Crippen LogP) is 1.76. The van der Waals surface area contributed by atoms with Crippen molar-refractivity contribution in [2.24, 2.45) is 0 Å². The maximum atomic E-state index is 5.82. The molecule has 0 amide bonds. The molecule has 2 rings (SSSR count). The summed E-state index contributed by atoms with van der Waals surface area (Å²) in [6.45, 7) is 4.26. The van der Waals surface area contributed by atoms with Crippen molar-refractivity contribution >= 4 is 11.4 Å². The van der Waals surface area contributed by atoms with Crippen LogP contribution in [0.2, 0.25) is 0 Å². The zero-order valence-electron chi connectivity index (χ0n) is 11.0. The van der Waals surface area contributed by atoms with Crippen molar-refractivity contribution in [2.75, 3.05) is 24.2 Å². The molecule has 6 heteroatoms. The molecule has 0 saturated heterocycles. The second-order valence-corrected chi connectivity index (χ2v) is 4.13. The number of nitrogens with two attached hydrogens (primary N) is 1. The van der Waals surface area contributed by atoms with Gasteiger partial charge in [0, 0.05) is 31.0 Å². The van der Waals surface area contributed by atoms with Gasteiger partial charge in [0.1, 0.15) is 5.75 Å². The molecule has 3 N–H and O–H groups in total. The van der Waals surface area contributed by atoms with Gasteiger partial charge >= 0.3 is 0 Å². The maximum absolute atomic E-state index is 5.82. The Morgan fingerprint density at radius 2 is 2.32 bits per heavy atom. The van der Waals surface area contributed by atoms with Crippen molar-refractivity contribution in [3.8, 4) is 5.75 Å². The molecule has 0 aliphatic heterocycles. The number of hydrogen-bond donors (Lipinski definition) is 2. The Labute approximate surface area is 112 Å². The van der Waals surface area contributed by atoms with Crippen molar-refractivity contribution in [3.05, 3.63) is 30.6 Å². The van der Waals surface area contributed by atoms with E-state index in [4.69, 9.17) is 10.5 Å². The molecular weight excluding hydrogens is 242 g/mol. The summed E-state index contributed by atoms with van der Waals surface area (Å²) in [6.07, 6.45) is 4.51. The van der Waals surface area contributed by atoms with Gasteiger partial charge in [0.15, 0.2) is 0 Å². The lowest BCUT2D eigenvalue weighted by Gasteiger charge is -2.11. The molecule has 1 aromatic carbocycles. The zero-order valence-corrected chi connectivity index (χ0v) is 11.0. The average Bonchev–Trinajstić information content (AvgIpc) is 2.92. The van der Waals surface area contributed by atoms with E-state index in [1.165, 1.54) is 0 Å². The molecule has 0 aliphatic rings. The highest BCUT2D eigenvalue weighted by atomic mass is 16.5. The van der Waals surface area contributed by atoms with E-state index in [-0.39, 0.29) is 0 Å². The minimum Gasteiger partial charge on any atom is -0.492 e. The molecule has 0 aliphatic carbocycles. The second kappa shape index (κ2) is 6.63. The lowest BCUT2D eigenvalue weighted by Crippen LogP contribution is -2.07. The Bertz CT molecular complexity index is 498. The highest BCUT2D eigenvalue weighted by molar-refractivity contribution is 5.61. The van der Waals surface area contributed by atoms with Gasteiger partial charge in [-0.05, 0) is 25.5 Å². The van der Waals surface area contributed by atoms with Crippen LogP contribution in [-0.2, 0) is 6.54 Å². The third-order valence-electron chi connectivity index (χ3n) is 2.68. The Kier molecular flexibility index (Phi) is 4.60. The number of hydrogen-bond acceptors (Lipinski definition) is 5. The number of nitrogens with zero attached hydrogens (tertiary/aromatic N) is 3. The first kappa shape index (κ1) is 13.2. The van der Waals surface area contributed by atoms with Crippen LogP contribution >= 0.6 is 0 Å².